The normalized spacial score (nSPS) is 16.9. The topological polar surface area (TPSA) is 71.6 Å². The Morgan fingerprint density at radius 2 is 1.59 bits per heavy atom. The van der Waals surface area contributed by atoms with Crippen LogP contribution in [-0.4, -0.2) is 61.2 Å². The molecule has 3 aliphatic rings. The lowest BCUT2D eigenvalue weighted by atomic mass is 9.82. The molecule has 0 atom stereocenters. The molecule has 214 valence electrons. The number of amides is 2. The molecule has 0 unspecified atom stereocenters. The third-order valence-electron chi connectivity index (χ3n) is 8.58. The lowest BCUT2D eigenvalue weighted by Crippen LogP contribution is -2.48. The summed E-state index contributed by atoms with van der Waals surface area (Å²) in [5.41, 5.74) is 4.68. The Morgan fingerprint density at radius 1 is 0.829 bits per heavy atom. The second kappa shape index (κ2) is 11.1. The van der Waals surface area contributed by atoms with Crippen LogP contribution >= 0.6 is 0 Å². The molecule has 0 saturated carbocycles. The van der Waals surface area contributed by atoms with E-state index in [1.54, 1.807) is 4.90 Å². The summed E-state index contributed by atoms with van der Waals surface area (Å²) in [7, 11) is 0. The van der Waals surface area contributed by atoms with E-state index in [0.717, 1.165) is 48.8 Å². The Bertz CT molecular complexity index is 1460. The number of benzene rings is 3. The summed E-state index contributed by atoms with van der Waals surface area (Å²) in [6.45, 7) is 11.0. The summed E-state index contributed by atoms with van der Waals surface area (Å²) in [6, 6.07) is 19.9. The van der Waals surface area contributed by atoms with E-state index in [-0.39, 0.29) is 30.6 Å². The smallest absolute Gasteiger partial charge is 0.265 e. The molecule has 0 N–H and O–H groups in total. The molecule has 0 aromatic heterocycles. The fourth-order valence-electron chi connectivity index (χ4n) is 5.57. The van der Waals surface area contributed by atoms with Gasteiger partial charge in [0.1, 0.15) is 5.75 Å². The average molecular weight is 556 g/mol. The molecule has 3 heterocycles. The third-order valence-corrected chi connectivity index (χ3v) is 8.58. The largest absolute Gasteiger partial charge is 0.482 e. The molecular weight excluding hydrogens is 518 g/mol. The van der Waals surface area contributed by atoms with Gasteiger partial charge in [0.2, 0.25) is 6.79 Å². The molecule has 8 nitrogen and oxygen atoms in total. The maximum absolute atomic E-state index is 13.5. The van der Waals surface area contributed by atoms with Crippen LogP contribution in [0.4, 0.5) is 5.69 Å². The molecule has 0 bridgehead atoms. The first-order valence-corrected chi connectivity index (χ1v) is 14.4. The van der Waals surface area contributed by atoms with Gasteiger partial charge < -0.3 is 24.0 Å². The minimum Gasteiger partial charge on any atom is -0.482 e. The van der Waals surface area contributed by atoms with Gasteiger partial charge in [-0.05, 0) is 64.9 Å². The maximum Gasteiger partial charge on any atom is 0.265 e. The summed E-state index contributed by atoms with van der Waals surface area (Å²) in [4.78, 5) is 32.5. The van der Waals surface area contributed by atoms with Crippen molar-refractivity contribution in [2.24, 2.45) is 0 Å². The summed E-state index contributed by atoms with van der Waals surface area (Å²) in [5, 5.41) is 0. The number of carbonyl (C=O) groups is 2. The average Bonchev–Trinajstić information content (AvgIpc) is 3.46. The van der Waals surface area contributed by atoms with Crippen molar-refractivity contribution in [2.45, 2.75) is 45.7 Å². The highest BCUT2D eigenvalue weighted by molar-refractivity contribution is 5.98. The zero-order chi connectivity index (χ0) is 28.6. The van der Waals surface area contributed by atoms with Crippen LogP contribution < -0.4 is 19.1 Å². The van der Waals surface area contributed by atoms with Gasteiger partial charge in [0.25, 0.3) is 11.8 Å². The monoisotopic (exact) mass is 555 g/mol. The first-order valence-electron chi connectivity index (χ1n) is 14.4. The Hall–Kier alpha value is -4.04. The molecule has 8 heteroatoms. The van der Waals surface area contributed by atoms with Gasteiger partial charge in [-0.1, -0.05) is 45.0 Å². The van der Waals surface area contributed by atoms with Gasteiger partial charge in [0.15, 0.2) is 18.1 Å². The first kappa shape index (κ1) is 27.1. The standard InChI is InChI=1S/C33H37N3O5/c1-4-33(2,3)26-9-11-28-27(18-26)36(31(37)21-39-28)20-23-6-5-7-25(16-23)32(38)35-14-12-34(13-15-35)19-24-8-10-29-30(17-24)41-22-40-29/h5-11,16-18H,4,12-15,19-22H2,1-3H3. The Morgan fingerprint density at radius 3 is 2.39 bits per heavy atom. The van der Waals surface area contributed by atoms with E-state index in [0.29, 0.717) is 30.9 Å². The fraction of sp³-hybridized carbons (Fsp3) is 0.394. The number of hydrogen-bond acceptors (Lipinski definition) is 6. The lowest BCUT2D eigenvalue weighted by Gasteiger charge is -2.35. The number of ether oxygens (including phenoxy) is 3. The highest BCUT2D eigenvalue weighted by Crippen LogP contribution is 2.38. The Labute approximate surface area is 241 Å². The molecule has 0 spiro atoms. The van der Waals surface area contributed by atoms with Gasteiger partial charge in [-0.15, -0.1) is 0 Å². The van der Waals surface area contributed by atoms with Crippen LogP contribution in [0, 0.1) is 0 Å². The Kier molecular flexibility index (Phi) is 7.34. The van der Waals surface area contributed by atoms with E-state index in [1.807, 2.05) is 47.4 Å². The van der Waals surface area contributed by atoms with Crippen LogP contribution in [0.25, 0.3) is 0 Å². The predicted molar refractivity (Wildman–Crippen MR) is 157 cm³/mol. The van der Waals surface area contributed by atoms with Crippen LogP contribution in [0.1, 0.15) is 54.2 Å². The summed E-state index contributed by atoms with van der Waals surface area (Å²) in [6.07, 6.45) is 0.984. The molecule has 3 aromatic rings. The zero-order valence-electron chi connectivity index (χ0n) is 24.0. The van der Waals surface area contributed by atoms with E-state index < -0.39 is 0 Å². The molecule has 3 aromatic carbocycles. The minimum absolute atomic E-state index is 0.0119. The highest BCUT2D eigenvalue weighted by Gasteiger charge is 2.29. The van der Waals surface area contributed by atoms with Crippen molar-refractivity contribution in [3.8, 4) is 17.2 Å². The minimum atomic E-state index is -0.0840. The molecule has 6 rings (SSSR count). The number of fused-ring (bicyclic) bond motifs is 2. The number of hydrogen-bond donors (Lipinski definition) is 0. The van der Waals surface area contributed by atoms with Gasteiger partial charge in [-0.25, -0.2) is 0 Å². The molecule has 3 aliphatic heterocycles. The van der Waals surface area contributed by atoms with E-state index in [2.05, 4.69) is 43.9 Å². The number of carbonyl (C=O) groups excluding carboxylic acids is 2. The second-order valence-corrected chi connectivity index (χ2v) is 11.6. The van der Waals surface area contributed by atoms with Crippen molar-refractivity contribution in [3.63, 3.8) is 0 Å². The van der Waals surface area contributed by atoms with Gasteiger partial charge in [-0.3, -0.25) is 14.5 Å². The van der Waals surface area contributed by atoms with E-state index in [1.165, 1.54) is 11.1 Å². The number of piperazine rings is 1. The fourth-order valence-corrected chi connectivity index (χ4v) is 5.57. The second-order valence-electron chi connectivity index (χ2n) is 11.6. The molecule has 0 radical (unpaired) electrons. The van der Waals surface area contributed by atoms with Crippen LogP contribution in [0.15, 0.2) is 60.7 Å². The first-order chi connectivity index (χ1) is 19.8. The summed E-state index contributed by atoms with van der Waals surface area (Å²) >= 11 is 0. The maximum atomic E-state index is 13.5. The van der Waals surface area contributed by atoms with E-state index in [9.17, 15) is 9.59 Å². The number of anilines is 1. The Balaban J connectivity index is 1.11. The lowest BCUT2D eigenvalue weighted by molar-refractivity contribution is -0.121. The summed E-state index contributed by atoms with van der Waals surface area (Å²) in [5.74, 6) is 2.24. The number of nitrogens with zero attached hydrogens (tertiary/aromatic N) is 3. The van der Waals surface area contributed by atoms with Crippen molar-refractivity contribution in [1.29, 1.82) is 0 Å². The van der Waals surface area contributed by atoms with Crippen molar-refractivity contribution < 1.29 is 23.8 Å². The van der Waals surface area contributed by atoms with Crippen LogP contribution in [0.2, 0.25) is 0 Å². The zero-order valence-corrected chi connectivity index (χ0v) is 24.0. The molecule has 1 saturated heterocycles. The molecule has 2 amide bonds. The summed E-state index contributed by atoms with van der Waals surface area (Å²) < 4.78 is 16.7. The van der Waals surface area contributed by atoms with E-state index in [4.69, 9.17) is 14.2 Å². The van der Waals surface area contributed by atoms with Crippen molar-refractivity contribution in [3.05, 3.63) is 82.9 Å². The molecule has 1 fully saturated rings. The molecule has 0 aliphatic carbocycles. The van der Waals surface area contributed by atoms with Crippen LogP contribution in [0.3, 0.4) is 0 Å². The van der Waals surface area contributed by atoms with Gasteiger partial charge >= 0.3 is 0 Å². The molecular formula is C33H37N3O5. The van der Waals surface area contributed by atoms with Gasteiger partial charge in [-0.2, -0.15) is 0 Å². The SMILES string of the molecule is CCC(C)(C)c1ccc2c(c1)N(Cc1cccc(C(=O)N3CCN(Cc4ccc5c(c4)OCO5)CC3)c1)C(=O)CO2. The van der Waals surface area contributed by atoms with Gasteiger partial charge in [0, 0.05) is 38.3 Å². The predicted octanol–water partition coefficient (Wildman–Crippen LogP) is 4.99. The van der Waals surface area contributed by atoms with Crippen molar-refractivity contribution in [2.75, 3.05) is 44.5 Å². The van der Waals surface area contributed by atoms with Crippen molar-refractivity contribution in [1.82, 2.24) is 9.80 Å². The third kappa shape index (κ3) is 5.61. The quantitative estimate of drug-likeness (QED) is 0.409. The van der Waals surface area contributed by atoms with Crippen molar-refractivity contribution >= 4 is 17.5 Å². The van der Waals surface area contributed by atoms with E-state index >= 15 is 0 Å². The van der Waals surface area contributed by atoms with Crippen LogP contribution in [-0.2, 0) is 23.3 Å². The van der Waals surface area contributed by atoms with Gasteiger partial charge in [0.05, 0.1) is 12.2 Å². The molecule has 41 heavy (non-hydrogen) atoms. The van der Waals surface area contributed by atoms with Crippen LogP contribution in [0.5, 0.6) is 17.2 Å². The number of rotatable bonds is 7. The highest BCUT2D eigenvalue weighted by atomic mass is 16.7.